The minimum absolute atomic E-state index is 0.215. The Labute approximate surface area is 160 Å². The van der Waals surface area contributed by atoms with Crippen molar-refractivity contribution in [3.63, 3.8) is 0 Å². The number of rotatable bonds is 7. The molecule has 0 aromatic rings. The number of nitrogens with one attached hydrogen (secondary N) is 1. The highest BCUT2D eigenvalue weighted by atomic mass is 127. The summed E-state index contributed by atoms with van der Waals surface area (Å²) in [5.74, 6) is 3.65. The fourth-order valence-corrected chi connectivity index (χ4v) is 4.46. The lowest BCUT2D eigenvalue weighted by atomic mass is 9.74. The number of allylic oxidation sites excluding steroid dienone is 3. The van der Waals surface area contributed by atoms with Crippen LogP contribution in [0.3, 0.4) is 0 Å². The van der Waals surface area contributed by atoms with Gasteiger partial charge in [0.15, 0.2) is 0 Å². The van der Waals surface area contributed by atoms with E-state index in [0.29, 0.717) is 11.8 Å². The maximum absolute atomic E-state index is 4.93. The van der Waals surface area contributed by atoms with Crippen LogP contribution in [0.15, 0.2) is 34.3 Å². The molecule has 1 N–H and O–H groups in total. The van der Waals surface area contributed by atoms with Gasteiger partial charge in [-0.1, -0.05) is 53.8 Å². The molecule has 3 nitrogen and oxygen atoms in total. The average molecular weight is 439 g/mol. The fourth-order valence-electron chi connectivity index (χ4n) is 4.02. The number of amidine groups is 1. The summed E-state index contributed by atoms with van der Waals surface area (Å²) in [6.45, 7) is 2.37. The summed E-state index contributed by atoms with van der Waals surface area (Å²) in [5.41, 5.74) is 0. The van der Waals surface area contributed by atoms with Crippen LogP contribution < -0.4 is 5.32 Å². The van der Waals surface area contributed by atoms with Gasteiger partial charge in [0, 0.05) is 5.92 Å². The van der Waals surface area contributed by atoms with Gasteiger partial charge in [-0.15, -0.1) is 0 Å². The average Bonchev–Trinajstić information content (AvgIpc) is 2.64. The lowest BCUT2D eigenvalue weighted by Crippen LogP contribution is -2.34. The summed E-state index contributed by atoms with van der Waals surface area (Å²) >= 11 is 2.47. The molecule has 24 heavy (non-hydrogen) atoms. The molecule has 3 rings (SSSR count). The first-order valence-corrected chi connectivity index (χ1v) is 11.1. The van der Waals surface area contributed by atoms with E-state index < -0.39 is 0 Å². The Morgan fingerprint density at radius 3 is 3.04 bits per heavy atom. The van der Waals surface area contributed by atoms with E-state index in [0.717, 1.165) is 24.1 Å². The van der Waals surface area contributed by atoms with E-state index >= 15 is 0 Å². The smallest absolute Gasteiger partial charge is 0.134 e. The zero-order valence-corrected chi connectivity index (χ0v) is 16.9. The monoisotopic (exact) mass is 439 g/mol. The predicted octanol–water partition coefficient (Wildman–Crippen LogP) is 5.13. The fraction of sp³-hybridized carbons (Fsp3) is 0.700. The lowest BCUT2D eigenvalue weighted by Gasteiger charge is -2.32. The van der Waals surface area contributed by atoms with Crippen molar-refractivity contribution in [2.45, 2.75) is 58.0 Å². The Morgan fingerprint density at radius 2 is 2.17 bits per heavy atom. The summed E-state index contributed by atoms with van der Waals surface area (Å²) < 4.78 is 1.27. The molecule has 0 amide bonds. The zero-order valence-electron chi connectivity index (χ0n) is 14.7. The van der Waals surface area contributed by atoms with E-state index in [1.807, 2.05) is 6.34 Å². The Kier molecular flexibility index (Phi) is 6.93. The van der Waals surface area contributed by atoms with E-state index in [9.17, 15) is 0 Å². The van der Waals surface area contributed by atoms with Gasteiger partial charge in [-0.3, -0.25) is 0 Å². The Hall–Kier alpha value is -0.650. The molecular formula is C20H30IN3. The molecule has 2 unspecified atom stereocenters. The molecule has 0 aromatic heterocycles. The highest BCUT2D eigenvalue weighted by molar-refractivity contribution is 14.1. The highest BCUT2D eigenvalue weighted by Gasteiger charge is 2.29. The third-order valence-electron chi connectivity index (χ3n) is 5.56. The molecule has 5 atom stereocenters. The largest absolute Gasteiger partial charge is 0.355 e. The van der Waals surface area contributed by atoms with Gasteiger partial charge in [0.05, 0.1) is 6.34 Å². The van der Waals surface area contributed by atoms with Crippen LogP contribution in [0.2, 0.25) is 0 Å². The summed E-state index contributed by atoms with van der Waals surface area (Å²) in [6, 6.07) is 0. The molecule has 0 aromatic carbocycles. The molecule has 1 heterocycles. The maximum atomic E-state index is 4.93. The normalized spacial score (nSPS) is 32.8. The van der Waals surface area contributed by atoms with E-state index in [1.165, 1.54) is 43.0 Å². The van der Waals surface area contributed by atoms with Crippen LogP contribution in [0.25, 0.3) is 0 Å². The summed E-state index contributed by atoms with van der Waals surface area (Å²) in [5, 5.41) is 3.34. The second kappa shape index (κ2) is 9.16. The molecule has 0 bridgehead atoms. The Balaban J connectivity index is 1.54. The molecular weight excluding hydrogens is 409 g/mol. The lowest BCUT2D eigenvalue weighted by molar-refractivity contribution is 0.369. The van der Waals surface area contributed by atoms with Crippen LogP contribution in [0.5, 0.6) is 0 Å². The minimum atomic E-state index is 0.215. The first-order valence-electron chi connectivity index (χ1n) is 9.53. The van der Waals surface area contributed by atoms with Crippen LogP contribution in [0.4, 0.5) is 0 Å². The Bertz CT molecular complexity index is 523. The molecule has 0 fully saturated rings. The number of hydrogen-bond donors (Lipinski definition) is 1. The summed E-state index contributed by atoms with van der Waals surface area (Å²) in [4.78, 5) is 9.48. The van der Waals surface area contributed by atoms with Crippen molar-refractivity contribution >= 4 is 34.8 Å². The van der Waals surface area contributed by atoms with Crippen molar-refractivity contribution in [2.24, 2.45) is 33.7 Å². The summed E-state index contributed by atoms with van der Waals surface area (Å²) in [7, 11) is 0. The molecule has 0 saturated carbocycles. The van der Waals surface area contributed by atoms with Crippen molar-refractivity contribution < 1.29 is 0 Å². The van der Waals surface area contributed by atoms with Gasteiger partial charge in [-0.25, -0.2) is 9.98 Å². The van der Waals surface area contributed by atoms with E-state index in [1.54, 1.807) is 0 Å². The molecule has 132 valence electrons. The van der Waals surface area contributed by atoms with Gasteiger partial charge in [0.1, 0.15) is 12.0 Å². The van der Waals surface area contributed by atoms with Crippen molar-refractivity contribution in [2.75, 3.05) is 4.43 Å². The number of nitrogens with zero attached hydrogens (tertiary/aromatic N) is 2. The standard InChI is InChI=1S/C20H30IN3/c1-15(5-4-12-21)8-11-19-22-14-23-20(24-19)18-10-9-16-6-2-3-7-17(16)13-18/h3,7,9-10,14-19H,2,4-6,8,11-13H2,1H3,(H,22,23,24)/t15-,16+,17?,18?,19+/m1/s1. The number of alkyl halides is 1. The van der Waals surface area contributed by atoms with E-state index in [2.05, 4.69) is 64.1 Å². The van der Waals surface area contributed by atoms with Crippen LogP contribution in [-0.2, 0) is 0 Å². The van der Waals surface area contributed by atoms with Gasteiger partial charge in [0.2, 0.25) is 0 Å². The first kappa shape index (κ1) is 18.2. The quantitative estimate of drug-likeness (QED) is 0.333. The van der Waals surface area contributed by atoms with Gasteiger partial charge < -0.3 is 5.32 Å². The molecule has 0 spiro atoms. The molecule has 4 heteroatoms. The topological polar surface area (TPSA) is 36.8 Å². The van der Waals surface area contributed by atoms with Gasteiger partial charge >= 0.3 is 0 Å². The van der Waals surface area contributed by atoms with Crippen molar-refractivity contribution in [1.29, 1.82) is 0 Å². The zero-order chi connectivity index (χ0) is 16.8. The van der Waals surface area contributed by atoms with Crippen LogP contribution in [0, 0.1) is 23.7 Å². The van der Waals surface area contributed by atoms with Crippen LogP contribution in [-0.4, -0.2) is 22.8 Å². The number of aliphatic imine (C=N–C) groups is 2. The van der Waals surface area contributed by atoms with Gasteiger partial charge in [-0.2, -0.15) is 0 Å². The number of halogens is 1. The molecule has 1 aliphatic heterocycles. The Morgan fingerprint density at radius 1 is 1.25 bits per heavy atom. The van der Waals surface area contributed by atoms with Gasteiger partial charge in [0.25, 0.3) is 0 Å². The molecule has 2 aliphatic carbocycles. The summed E-state index contributed by atoms with van der Waals surface area (Å²) in [6.07, 6.45) is 20.4. The maximum Gasteiger partial charge on any atom is 0.134 e. The van der Waals surface area contributed by atoms with Crippen LogP contribution >= 0.6 is 22.6 Å². The first-order chi connectivity index (χ1) is 11.8. The van der Waals surface area contributed by atoms with E-state index in [4.69, 9.17) is 4.99 Å². The third-order valence-corrected chi connectivity index (χ3v) is 6.33. The van der Waals surface area contributed by atoms with E-state index in [-0.39, 0.29) is 6.17 Å². The highest BCUT2D eigenvalue weighted by Crippen LogP contribution is 2.36. The third kappa shape index (κ3) is 4.93. The second-order valence-electron chi connectivity index (χ2n) is 7.50. The SMILES string of the molecule is C[C@H](CCCI)CC[C@@H]1N=C(C2C=C[C@@H]3CCC=CC3C2)N=CN1. The minimum Gasteiger partial charge on any atom is -0.355 e. The predicted molar refractivity (Wildman–Crippen MR) is 112 cm³/mol. The van der Waals surface area contributed by atoms with Gasteiger partial charge in [-0.05, 0) is 67.1 Å². The molecule has 0 radical (unpaired) electrons. The second-order valence-corrected chi connectivity index (χ2v) is 8.58. The number of hydrogen-bond acceptors (Lipinski definition) is 3. The molecule has 3 aliphatic rings. The number of fused-ring (bicyclic) bond motifs is 1. The van der Waals surface area contributed by atoms with Crippen molar-refractivity contribution in [3.05, 3.63) is 24.3 Å². The molecule has 0 saturated heterocycles. The van der Waals surface area contributed by atoms with Crippen molar-refractivity contribution in [3.8, 4) is 0 Å². The van der Waals surface area contributed by atoms with Crippen molar-refractivity contribution in [1.82, 2.24) is 5.32 Å². The van der Waals surface area contributed by atoms with Crippen LogP contribution in [0.1, 0.15) is 51.9 Å².